The molecule has 1 atom stereocenters. The second-order valence-electron chi connectivity index (χ2n) is 5.33. The molecule has 1 heterocycles. The normalized spacial score (nSPS) is 19.6. The summed E-state index contributed by atoms with van der Waals surface area (Å²) in [6.45, 7) is 3.76. The summed E-state index contributed by atoms with van der Waals surface area (Å²) in [6, 6.07) is 5.35. The maximum absolute atomic E-state index is 12.4. The predicted molar refractivity (Wildman–Crippen MR) is 84.9 cm³/mol. The lowest BCUT2D eigenvalue weighted by Crippen LogP contribution is -2.42. The van der Waals surface area contributed by atoms with E-state index in [1.807, 2.05) is 6.92 Å². The fraction of sp³-hybridized carbons (Fsp3) is 0.500. The van der Waals surface area contributed by atoms with E-state index in [-0.39, 0.29) is 11.7 Å². The van der Waals surface area contributed by atoms with Gasteiger partial charge in [-0.2, -0.15) is 0 Å². The SMILES string of the molecule is CCC1CN(CC(=O)c2ccc(OC)c(Br)c2)CCC1=O. The average molecular weight is 354 g/mol. The maximum Gasteiger partial charge on any atom is 0.176 e. The molecule has 0 spiro atoms. The van der Waals surface area contributed by atoms with Crippen LogP contribution in [0.3, 0.4) is 0 Å². The molecular weight excluding hydrogens is 334 g/mol. The summed E-state index contributed by atoms with van der Waals surface area (Å²) in [5.41, 5.74) is 0.660. The molecule has 1 aromatic carbocycles. The van der Waals surface area contributed by atoms with Gasteiger partial charge in [-0.1, -0.05) is 6.92 Å². The summed E-state index contributed by atoms with van der Waals surface area (Å²) in [5, 5.41) is 0. The Morgan fingerprint density at radius 3 is 2.86 bits per heavy atom. The number of carbonyl (C=O) groups is 2. The topological polar surface area (TPSA) is 46.6 Å². The zero-order chi connectivity index (χ0) is 15.4. The molecule has 0 amide bonds. The van der Waals surface area contributed by atoms with Gasteiger partial charge in [0.25, 0.3) is 0 Å². The van der Waals surface area contributed by atoms with Crippen LogP contribution in [0, 0.1) is 5.92 Å². The number of piperidine rings is 1. The lowest BCUT2D eigenvalue weighted by atomic mass is 9.94. The average Bonchev–Trinajstić information content (AvgIpc) is 2.49. The predicted octanol–water partition coefficient (Wildman–Crippen LogP) is 2.94. The molecule has 0 aliphatic carbocycles. The highest BCUT2D eigenvalue weighted by atomic mass is 79.9. The summed E-state index contributed by atoms with van der Waals surface area (Å²) >= 11 is 3.39. The molecule has 0 bridgehead atoms. The Morgan fingerprint density at radius 1 is 1.48 bits per heavy atom. The van der Waals surface area contributed by atoms with Crippen LogP contribution in [-0.2, 0) is 4.79 Å². The number of nitrogens with zero attached hydrogens (tertiary/aromatic N) is 1. The number of ether oxygens (including phenoxy) is 1. The Morgan fingerprint density at radius 2 is 2.24 bits per heavy atom. The van der Waals surface area contributed by atoms with Gasteiger partial charge in [-0.05, 0) is 40.5 Å². The van der Waals surface area contributed by atoms with Crippen LogP contribution in [0.15, 0.2) is 22.7 Å². The molecule has 0 aromatic heterocycles. The summed E-state index contributed by atoms with van der Waals surface area (Å²) in [4.78, 5) is 26.1. The number of Topliss-reactive ketones (excluding diaryl/α,β-unsaturated/α-hetero) is 2. The molecule has 2 rings (SSSR count). The number of methoxy groups -OCH3 is 1. The van der Waals surface area contributed by atoms with Crippen LogP contribution in [0.1, 0.15) is 30.1 Å². The first-order valence-corrected chi connectivity index (χ1v) is 7.96. The Kier molecular flexibility index (Phi) is 5.53. The minimum Gasteiger partial charge on any atom is -0.496 e. The highest BCUT2D eigenvalue weighted by Crippen LogP contribution is 2.26. The number of ketones is 2. The van der Waals surface area contributed by atoms with Crippen molar-refractivity contribution in [2.24, 2.45) is 5.92 Å². The van der Waals surface area contributed by atoms with E-state index in [0.29, 0.717) is 43.2 Å². The summed E-state index contributed by atoms with van der Waals surface area (Å²) in [7, 11) is 1.59. The van der Waals surface area contributed by atoms with Gasteiger partial charge in [0.2, 0.25) is 0 Å². The standard InChI is InChI=1S/C16H20BrNO3/c1-3-11-9-18(7-6-14(11)19)10-15(20)12-4-5-16(21-2)13(17)8-12/h4-5,8,11H,3,6-7,9-10H2,1-2H3. The van der Waals surface area contributed by atoms with Crippen molar-refractivity contribution in [1.29, 1.82) is 0 Å². The number of benzene rings is 1. The monoisotopic (exact) mass is 353 g/mol. The van der Waals surface area contributed by atoms with Crippen LogP contribution in [-0.4, -0.2) is 43.2 Å². The number of carbonyl (C=O) groups excluding carboxylic acids is 2. The molecule has 5 heteroatoms. The lowest BCUT2D eigenvalue weighted by Gasteiger charge is -2.30. The molecule has 1 aliphatic rings. The van der Waals surface area contributed by atoms with Gasteiger partial charge in [0.1, 0.15) is 11.5 Å². The van der Waals surface area contributed by atoms with E-state index in [2.05, 4.69) is 20.8 Å². The van der Waals surface area contributed by atoms with E-state index < -0.39 is 0 Å². The minimum atomic E-state index is 0.0718. The molecule has 1 fully saturated rings. The Bertz CT molecular complexity index is 544. The number of hydrogen-bond donors (Lipinski definition) is 0. The summed E-state index contributed by atoms with van der Waals surface area (Å²) in [5.74, 6) is 1.19. The van der Waals surface area contributed by atoms with Crippen LogP contribution >= 0.6 is 15.9 Å². The summed E-state index contributed by atoms with van der Waals surface area (Å²) < 4.78 is 5.94. The van der Waals surface area contributed by atoms with E-state index in [1.54, 1.807) is 25.3 Å². The van der Waals surface area contributed by atoms with Crippen molar-refractivity contribution in [3.8, 4) is 5.75 Å². The molecule has 1 aliphatic heterocycles. The van der Waals surface area contributed by atoms with Crippen molar-refractivity contribution in [2.75, 3.05) is 26.7 Å². The van der Waals surface area contributed by atoms with Crippen molar-refractivity contribution in [3.63, 3.8) is 0 Å². The largest absolute Gasteiger partial charge is 0.496 e. The molecule has 21 heavy (non-hydrogen) atoms. The zero-order valence-electron chi connectivity index (χ0n) is 12.4. The second kappa shape index (κ2) is 7.18. The molecule has 114 valence electrons. The first kappa shape index (κ1) is 16.2. The van der Waals surface area contributed by atoms with Crippen molar-refractivity contribution < 1.29 is 14.3 Å². The van der Waals surface area contributed by atoms with Gasteiger partial charge >= 0.3 is 0 Å². The van der Waals surface area contributed by atoms with Crippen molar-refractivity contribution in [3.05, 3.63) is 28.2 Å². The Labute approximate surface area is 133 Å². The van der Waals surface area contributed by atoms with Crippen LogP contribution in [0.25, 0.3) is 0 Å². The molecule has 0 radical (unpaired) electrons. The van der Waals surface area contributed by atoms with Crippen LogP contribution in [0.5, 0.6) is 5.75 Å². The second-order valence-corrected chi connectivity index (χ2v) is 6.18. The third-order valence-corrected chi connectivity index (χ3v) is 4.56. The van der Waals surface area contributed by atoms with Crippen molar-refractivity contribution in [1.82, 2.24) is 4.90 Å². The third kappa shape index (κ3) is 3.92. The maximum atomic E-state index is 12.4. The molecular formula is C16H20BrNO3. The van der Waals surface area contributed by atoms with Gasteiger partial charge in [0.05, 0.1) is 18.1 Å². The molecule has 1 unspecified atom stereocenters. The van der Waals surface area contributed by atoms with E-state index in [4.69, 9.17) is 4.74 Å². The highest BCUT2D eigenvalue weighted by molar-refractivity contribution is 9.10. The van der Waals surface area contributed by atoms with Gasteiger partial charge in [-0.15, -0.1) is 0 Å². The zero-order valence-corrected chi connectivity index (χ0v) is 14.0. The van der Waals surface area contributed by atoms with Crippen LogP contribution in [0.2, 0.25) is 0 Å². The summed E-state index contributed by atoms with van der Waals surface area (Å²) in [6.07, 6.45) is 1.40. The minimum absolute atomic E-state index is 0.0718. The van der Waals surface area contributed by atoms with Gasteiger partial charge in [-0.25, -0.2) is 0 Å². The van der Waals surface area contributed by atoms with Gasteiger partial charge in [-0.3, -0.25) is 14.5 Å². The van der Waals surface area contributed by atoms with E-state index in [9.17, 15) is 9.59 Å². The number of halogens is 1. The molecule has 1 aromatic rings. The highest BCUT2D eigenvalue weighted by Gasteiger charge is 2.26. The van der Waals surface area contributed by atoms with Crippen LogP contribution in [0.4, 0.5) is 0 Å². The van der Waals surface area contributed by atoms with Crippen molar-refractivity contribution >= 4 is 27.5 Å². The number of likely N-dealkylation sites (tertiary alicyclic amines) is 1. The van der Waals surface area contributed by atoms with Gasteiger partial charge in [0, 0.05) is 31.0 Å². The first-order valence-electron chi connectivity index (χ1n) is 7.17. The lowest BCUT2D eigenvalue weighted by molar-refractivity contribution is -0.126. The van der Waals surface area contributed by atoms with Crippen molar-refractivity contribution in [2.45, 2.75) is 19.8 Å². The Balaban J connectivity index is 2.01. The van der Waals surface area contributed by atoms with Gasteiger partial charge < -0.3 is 4.74 Å². The molecule has 1 saturated heterocycles. The first-order chi connectivity index (χ1) is 10.0. The van der Waals surface area contributed by atoms with E-state index >= 15 is 0 Å². The van der Waals surface area contributed by atoms with Crippen LogP contribution < -0.4 is 4.74 Å². The molecule has 4 nitrogen and oxygen atoms in total. The number of hydrogen-bond acceptors (Lipinski definition) is 4. The Hall–Kier alpha value is -1.20. The fourth-order valence-electron chi connectivity index (χ4n) is 2.61. The smallest absolute Gasteiger partial charge is 0.176 e. The number of rotatable bonds is 5. The fourth-order valence-corrected chi connectivity index (χ4v) is 3.15. The van der Waals surface area contributed by atoms with E-state index in [0.717, 1.165) is 10.9 Å². The molecule has 0 saturated carbocycles. The van der Waals surface area contributed by atoms with E-state index in [1.165, 1.54) is 0 Å². The third-order valence-electron chi connectivity index (χ3n) is 3.94. The molecule has 0 N–H and O–H groups in total. The van der Waals surface area contributed by atoms with Gasteiger partial charge in [0.15, 0.2) is 5.78 Å². The quantitative estimate of drug-likeness (QED) is 0.763.